The summed E-state index contributed by atoms with van der Waals surface area (Å²) >= 11 is 8.46. The van der Waals surface area contributed by atoms with Gasteiger partial charge >= 0.3 is 0 Å². The number of rotatable bonds is 3. The Bertz CT molecular complexity index is 401. The zero-order valence-corrected chi connectivity index (χ0v) is 12.6. The van der Waals surface area contributed by atoms with Crippen molar-refractivity contribution in [1.29, 1.82) is 0 Å². The van der Waals surface area contributed by atoms with Crippen LogP contribution in [0.1, 0.15) is 19.4 Å². The minimum atomic E-state index is 0.661. The molecule has 18 heavy (non-hydrogen) atoms. The van der Waals surface area contributed by atoms with Crippen molar-refractivity contribution in [3.05, 3.63) is 28.8 Å². The van der Waals surface area contributed by atoms with Crippen molar-refractivity contribution in [1.82, 2.24) is 0 Å². The van der Waals surface area contributed by atoms with Crippen LogP contribution in [0, 0.1) is 0 Å². The van der Waals surface area contributed by atoms with Gasteiger partial charge in [-0.2, -0.15) is 11.8 Å². The van der Waals surface area contributed by atoms with Gasteiger partial charge < -0.3 is 10.6 Å². The van der Waals surface area contributed by atoms with Crippen molar-refractivity contribution in [2.45, 2.75) is 30.8 Å². The summed E-state index contributed by atoms with van der Waals surface area (Å²) in [5.41, 5.74) is 7.96. The van der Waals surface area contributed by atoms with E-state index in [4.69, 9.17) is 17.3 Å². The van der Waals surface area contributed by atoms with Crippen LogP contribution in [0.25, 0.3) is 0 Å². The molecule has 0 aromatic heterocycles. The second-order valence-corrected chi connectivity index (χ2v) is 7.28. The maximum atomic E-state index is 6.40. The highest BCUT2D eigenvalue weighted by atomic mass is 35.5. The molecule has 4 heteroatoms. The molecule has 2 rings (SSSR count). The number of hydrogen-bond donors (Lipinski definition) is 1. The molecule has 2 N–H and O–H groups in total. The van der Waals surface area contributed by atoms with E-state index < -0.39 is 0 Å². The lowest BCUT2D eigenvalue weighted by atomic mass is 10.1. The highest BCUT2D eigenvalue weighted by molar-refractivity contribution is 8.00. The molecule has 1 aliphatic heterocycles. The average molecular weight is 285 g/mol. The van der Waals surface area contributed by atoms with Gasteiger partial charge in [-0.15, -0.1) is 0 Å². The number of anilines is 1. The Kier molecular flexibility index (Phi) is 4.82. The minimum absolute atomic E-state index is 0.661. The molecule has 0 spiro atoms. The Morgan fingerprint density at radius 1 is 1.33 bits per heavy atom. The van der Waals surface area contributed by atoms with Gasteiger partial charge in [0.1, 0.15) is 0 Å². The molecule has 1 fully saturated rings. The summed E-state index contributed by atoms with van der Waals surface area (Å²) in [5.74, 6) is 0. The van der Waals surface area contributed by atoms with E-state index in [9.17, 15) is 0 Å². The lowest BCUT2D eigenvalue weighted by Crippen LogP contribution is -2.40. The van der Waals surface area contributed by atoms with Gasteiger partial charge in [-0.3, -0.25) is 0 Å². The summed E-state index contributed by atoms with van der Waals surface area (Å²) < 4.78 is 0. The third-order valence-electron chi connectivity index (χ3n) is 3.21. The third kappa shape index (κ3) is 3.34. The van der Waals surface area contributed by atoms with Crippen LogP contribution in [0.2, 0.25) is 5.02 Å². The second-order valence-electron chi connectivity index (χ2n) is 4.99. The Morgan fingerprint density at radius 3 is 2.56 bits per heavy atom. The maximum absolute atomic E-state index is 6.40. The van der Waals surface area contributed by atoms with Gasteiger partial charge in [-0.05, 0) is 30.7 Å². The molecule has 100 valence electrons. The quantitative estimate of drug-likeness (QED) is 0.924. The van der Waals surface area contributed by atoms with Crippen molar-refractivity contribution in [3.8, 4) is 0 Å². The number of nitrogens with zero attached hydrogens (tertiary/aromatic N) is 1. The van der Waals surface area contributed by atoms with E-state index in [2.05, 4.69) is 48.7 Å². The molecule has 1 aromatic rings. The minimum Gasteiger partial charge on any atom is -0.368 e. The smallest absolute Gasteiger partial charge is 0.0642 e. The summed E-state index contributed by atoms with van der Waals surface area (Å²) in [6.07, 6.45) is 0.892. The molecule has 1 heterocycles. The largest absolute Gasteiger partial charge is 0.368 e. The summed E-state index contributed by atoms with van der Waals surface area (Å²) in [6, 6.07) is 6.34. The molecule has 0 aliphatic carbocycles. The molecule has 2 nitrogen and oxygen atoms in total. The summed E-state index contributed by atoms with van der Waals surface area (Å²) in [5, 5.41) is 2.18. The van der Waals surface area contributed by atoms with Crippen LogP contribution in [-0.2, 0) is 6.42 Å². The summed E-state index contributed by atoms with van der Waals surface area (Å²) in [4.78, 5) is 2.40. The highest BCUT2D eigenvalue weighted by Gasteiger charge is 2.23. The molecule has 0 saturated carbocycles. The van der Waals surface area contributed by atoms with E-state index in [1.807, 2.05) is 0 Å². The normalized spacial score (nSPS) is 24.3. The molecule has 0 radical (unpaired) electrons. The van der Waals surface area contributed by atoms with Gasteiger partial charge in [0.15, 0.2) is 0 Å². The zero-order valence-electron chi connectivity index (χ0n) is 11.0. The van der Waals surface area contributed by atoms with Crippen LogP contribution in [0.15, 0.2) is 18.2 Å². The zero-order chi connectivity index (χ0) is 13.1. The van der Waals surface area contributed by atoms with Gasteiger partial charge in [-0.25, -0.2) is 0 Å². The fourth-order valence-electron chi connectivity index (χ4n) is 2.50. The van der Waals surface area contributed by atoms with Gasteiger partial charge in [0.2, 0.25) is 0 Å². The van der Waals surface area contributed by atoms with Crippen LogP contribution < -0.4 is 10.6 Å². The fraction of sp³-hybridized carbons (Fsp3) is 0.571. The molecule has 1 aromatic carbocycles. The summed E-state index contributed by atoms with van der Waals surface area (Å²) in [7, 11) is 0. The van der Waals surface area contributed by atoms with E-state index in [0.29, 0.717) is 17.0 Å². The molecule has 1 aliphatic rings. The molecule has 0 bridgehead atoms. The first kappa shape index (κ1) is 14.0. The fourth-order valence-corrected chi connectivity index (χ4v) is 4.15. The standard InChI is InChI=1S/C14H21ClN2S/c1-10-8-17(9-11(2)18-10)14-4-3-12(5-6-16)7-13(14)15/h3-4,7,10-11H,5-6,8-9,16H2,1-2H3. The van der Waals surface area contributed by atoms with Crippen molar-refractivity contribution in [3.63, 3.8) is 0 Å². The lowest BCUT2D eigenvalue weighted by molar-refractivity contribution is 0.728. The van der Waals surface area contributed by atoms with Crippen LogP contribution in [0.4, 0.5) is 5.69 Å². The second kappa shape index (κ2) is 6.18. The Morgan fingerprint density at radius 2 is 2.00 bits per heavy atom. The van der Waals surface area contributed by atoms with Gasteiger partial charge in [0.05, 0.1) is 10.7 Å². The third-order valence-corrected chi connectivity index (χ3v) is 4.74. The first-order chi connectivity index (χ1) is 8.60. The van der Waals surface area contributed by atoms with Crippen LogP contribution in [0.5, 0.6) is 0 Å². The predicted molar refractivity (Wildman–Crippen MR) is 82.9 cm³/mol. The van der Waals surface area contributed by atoms with Gasteiger partial charge in [0, 0.05) is 23.6 Å². The maximum Gasteiger partial charge on any atom is 0.0642 e. The van der Waals surface area contributed by atoms with E-state index >= 15 is 0 Å². The number of benzene rings is 1. The monoisotopic (exact) mass is 284 g/mol. The van der Waals surface area contributed by atoms with E-state index in [1.54, 1.807) is 0 Å². The van der Waals surface area contributed by atoms with Crippen molar-refractivity contribution in [2.75, 3.05) is 24.5 Å². The van der Waals surface area contributed by atoms with Crippen LogP contribution in [-0.4, -0.2) is 30.1 Å². The first-order valence-electron chi connectivity index (χ1n) is 6.49. The van der Waals surface area contributed by atoms with Crippen molar-refractivity contribution < 1.29 is 0 Å². The molecule has 2 atom stereocenters. The molecule has 2 unspecified atom stereocenters. The Balaban J connectivity index is 2.17. The molecular formula is C14H21ClN2S. The topological polar surface area (TPSA) is 29.3 Å². The Hall–Kier alpha value is -0.380. The average Bonchev–Trinajstić information content (AvgIpc) is 2.28. The number of halogens is 1. The van der Waals surface area contributed by atoms with Crippen molar-refractivity contribution in [2.24, 2.45) is 5.73 Å². The predicted octanol–water partition coefficient (Wildman–Crippen LogP) is 3.17. The SMILES string of the molecule is CC1CN(c2ccc(CCN)cc2Cl)CC(C)S1. The lowest BCUT2D eigenvalue weighted by Gasteiger charge is -2.36. The van der Waals surface area contributed by atoms with E-state index in [-0.39, 0.29) is 0 Å². The van der Waals surface area contributed by atoms with E-state index in [0.717, 1.165) is 30.2 Å². The van der Waals surface area contributed by atoms with Crippen LogP contribution >= 0.6 is 23.4 Å². The van der Waals surface area contributed by atoms with Gasteiger partial charge in [0.25, 0.3) is 0 Å². The first-order valence-corrected chi connectivity index (χ1v) is 7.81. The number of thioether (sulfide) groups is 1. The van der Waals surface area contributed by atoms with Crippen LogP contribution in [0.3, 0.4) is 0 Å². The van der Waals surface area contributed by atoms with Crippen molar-refractivity contribution >= 4 is 29.1 Å². The van der Waals surface area contributed by atoms with E-state index in [1.165, 1.54) is 5.56 Å². The molecule has 0 amide bonds. The number of nitrogens with two attached hydrogens (primary N) is 1. The number of hydrogen-bond acceptors (Lipinski definition) is 3. The molecule has 1 saturated heterocycles. The van der Waals surface area contributed by atoms with Gasteiger partial charge in [-0.1, -0.05) is 31.5 Å². The highest BCUT2D eigenvalue weighted by Crippen LogP contribution is 2.33. The Labute approximate surface area is 119 Å². The summed E-state index contributed by atoms with van der Waals surface area (Å²) in [6.45, 7) is 7.38. The molecular weight excluding hydrogens is 264 g/mol.